The van der Waals surface area contributed by atoms with Gasteiger partial charge in [0.15, 0.2) is 10.8 Å². The number of nitriles is 1. The van der Waals surface area contributed by atoms with E-state index in [0.717, 1.165) is 5.56 Å². The maximum absolute atomic E-state index is 12.5. The summed E-state index contributed by atoms with van der Waals surface area (Å²) in [6.07, 6.45) is 3.12. The lowest BCUT2D eigenvalue weighted by molar-refractivity contribution is 0.102. The highest BCUT2D eigenvalue weighted by Crippen LogP contribution is 2.28. The summed E-state index contributed by atoms with van der Waals surface area (Å²) >= 11 is 1.34. The van der Waals surface area contributed by atoms with Gasteiger partial charge in [0.05, 0.1) is 6.26 Å². The molecule has 142 valence electrons. The molecule has 0 saturated heterocycles. The predicted octanol–water partition coefficient (Wildman–Crippen LogP) is 5.02. The zero-order chi connectivity index (χ0) is 20.2. The van der Waals surface area contributed by atoms with E-state index in [-0.39, 0.29) is 11.8 Å². The fourth-order valence-electron chi connectivity index (χ4n) is 2.59. The second-order valence-corrected chi connectivity index (χ2v) is 6.87. The number of nitrogens with one attached hydrogen (secondary N) is 1. The molecule has 0 unspecified atom stereocenters. The quantitative estimate of drug-likeness (QED) is 0.503. The van der Waals surface area contributed by atoms with Crippen molar-refractivity contribution in [1.29, 1.82) is 5.26 Å². The Morgan fingerprint density at radius 1 is 1.28 bits per heavy atom. The van der Waals surface area contributed by atoms with Crippen molar-refractivity contribution in [2.24, 2.45) is 0 Å². The highest BCUT2D eigenvalue weighted by Gasteiger charge is 2.15. The van der Waals surface area contributed by atoms with Gasteiger partial charge in [-0.05, 0) is 55.0 Å². The second-order valence-electron chi connectivity index (χ2n) is 6.02. The molecule has 0 bridgehead atoms. The van der Waals surface area contributed by atoms with Crippen LogP contribution in [-0.4, -0.2) is 15.9 Å². The normalized spacial score (nSPS) is 10.3. The number of aryl methyl sites for hydroxylation is 1. The van der Waals surface area contributed by atoms with Crippen molar-refractivity contribution in [2.75, 3.05) is 5.32 Å². The zero-order valence-electron chi connectivity index (χ0n) is 15.2. The van der Waals surface area contributed by atoms with Crippen LogP contribution in [0.25, 0.3) is 10.8 Å². The summed E-state index contributed by atoms with van der Waals surface area (Å²) in [7, 11) is 0. The van der Waals surface area contributed by atoms with Crippen LogP contribution in [0.4, 0.5) is 5.69 Å². The summed E-state index contributed by atoms with van der Waals surface area (Å²) in [6, 6.07) is 14.1. The molecule has 0 radical (unpaired) electrons. The number of anilines is 1. The highest BCUT2D eigenvalue weighted by molar-refractivity contribution is 7.13. The zero-order valence-corrected chi connectivity index (χ0v) is 16.1. The van der Waals surface area contributed by atoms with Crippen molar-refractivity contribution in [3.8, 4) is 28.5 Å². The van der Waals surface area contributed by atoms with E-state index in [1.165, 1.54) is 11.3 Å². The number of rotatable bonds is 5. The lowest BCUT2D eigenvalue weighted by Gasteiger charge is -2.10. The van der Waals surface area contributed by atoms with E-state index in [1.807, 2.05) is 13.0 Å². The van der Waals surface area contributed by atoms with E-state index in [1.54, 1.807) is 60.3 Å². The van der Waals surface area contributed by atoms with Crippen molar-refractivity contribution in [2.45, 2.75) is 6.92 Å². The Kier molecular flexibility index (Phi) is 5.05. The second kappa shape index (κ2) is 7.96. The van der Waals surface area contributed by atoms with Gasteiger partial charge in [0, 0.05) is 17.3 Å². The van der Waals surface area contributed by atoms with Crippen molar-refractivity contribution in [1.82, 2.24) is 9.97 Å². The van der Waals surface area contributed by atoms with Gasteiger partial charge < -0.3 is 14.5 Å². The number of pyridine rings is 1. The molecule has 29 heavy (non-hydrogen) atoms. The lowest BCUT2D eigenvalue weighted by atomic mass is 10.2. The Hall–Kier alpha value is -3.96. The van der Waals surface area contributed by atoms with E-state index >= 15 is 0 Å². The first kappa shape index (κ1) is 18.4. The third-order valence-electron chi connectivity index (χ3n) is 4.02. The molecule has 0 atom stereocenters. The molecule has 0 aliphatic rings. The Labute approximate surface area is 170 Å². The fraction of sp³-hybridized carbons (Fsp3) is 0.0476. The molecule has 3 aromatic heterocycles. The van der Waals surface area contributed by atoms with Crippen LogP contribution in [-0.2, 0) is 0 Å². The maximum Gasteiger partial charge on any atom is 0.275 e. The monoisotopic (exact) mass is 402 g/mol. The number of carbonyl (C=O) groups is 1. The molecule has 3 heterocycles. The number of benzene rings is 1. The van der Waals surface area contributed by atoms with Crippen LogP contribution < -0.4 is 10.1 Å². The first-order valence-corrected chi connectivity index (χ1v) is 9.46. The summed E-state index contributed by atoms with van der Waals surface area (Å²) in [4.78, 5) is 20.9. The summed E-state index contributed by atoms with van der Waals surface area (Å²) in [5.41, 5.74) is 2.09. The third kappa shape index (κ3) is 4.00. The van der Waals surface area contributed by atoms with Gasteiger partial charge in [-0.2, -0.15) is 5.26 Å². The number of furan rings is 1. The SMILES string of the molecule is Cc1cc(Oc2ncccc2C#N)ccc1NC(=O)c1csc(-c2ccco2)n1. The van der Waals surface area contributed by atoms with Crippen LogP contribution in [0.5, 0.6) is 11.6 Å². The lowest BCUT2D eigenvalue weighted by Crippen LogP contribution is -2.13. The van der Waals surface area contributed by atoms with Crippen LogP contribution >= 0.6 is 11.3 Å². The molecule has 0 spiro atoms. The Balaban J connectivity index is 1.48. The van der Waals surface area contributed by atoms with Crippen LogP contribution in [0, 0.1) is 18.3 Å². The molecule has 0 saturated carbocycles. The number of nitrogens with zero attached hydrogens (tertiary/aromatic N) is 3. The minimum atomic E-state index is -0.313. The molecule has 1 N–H and O–H groups in total. The fourth-order valence-corrected chi connectivity index (χ4v) is 3.35. The van der Waals surface area contributed by atoms with Gasteiger partial charge in [-0.25, -0.2) is 9.97 Å². The Bertz CT molecular complexity index is 1210. The summed E-state index contributed by atoms with van der Waals surface area (Å²) in [6.45, 7) is 1.85. The van der Waals surface area contributed by atoms with Gasteiger partial charge in [-0.3, -0.25) is 4.79 Å². The average molecular weight is 402 g/mol. The third-order valence-corrected chi connectivity index (χ3v) is 4.88. The van der Waals surface area contributed by atoms with Gasteiger partial charge in [0.1, 0.15) is 23.1 Å². The van der Waals surface area contributed by atoms with Crippen molar-refractivity contribution < 1.29 is 13.9 Å². The van der Waals surface area contributed by atoms with Gasteiger partial charge in [-0.1, -0.05) is 0 Å². The Morgan fingerprint density at radius 2 is 2.17 bits per heavy atom. The summed E-state index contributed by atoms with van der Waals surface area (Å²) in [5.74, 6) is 1.06. The molecule has 1 aromatic carbocycles. The number of hydrogen-bond donors (Lipinski definition) is 1. The van der Waals surface area contributed by atoms with Crippen LogP contribution in [0.2, 0.25) is 0 Å². The molecule has 4 aromatic rings. The van der Waals surface area contributed by atoms with Crippen molar-refractivity contribution in [3.05, 3.63) is 77.1 Å². The maximum atomic E-state index is 12.5. The van der Waals surface area contributed by atoms with Gasteiger partial charge in [0.2, 0.25) is 5.88 Å². The van der Waals surface area contributed by atoms with Crippen LogP contribution in [0.1, 0.15) is 21.6 Å². The summed E-state index contributed by atoms with van der Waals surface area (Å²) < 4.78 is 11.0. The molecule has 0 aliphatic heterocycles. The van der Waals surface area contributed by atoms with Gasteiger partial charge in [0.25, 0.3) is 5.91 Å². The number of carbonyl (C=O) groups excluding carboxylic acids is 1. The number of hydrogen-bond acceptors (Lipinski definition) is 7. The molecule has 0 fully saturated rings. The van der Waals surface area contributed by atoms with Crippen molar-refractivity contribution >= 4 is 22.9 Å². The van der Waals surface area contributed by atoms with E-state index in [0.29, 0.717) is 33.5 Å². The van der Waals surface area contributed by atoms with Gasteiger partial charge >= 0.3 is 0 Å². The van der Waals surface area contributed by atoms with E-state index in [2.05, 4.69) is 15.3 Å². The summed E-state index contributed by atoms with van der Waals surface area (Å²) in [5, 5.41) is 14.3. The number of ether oxygens (including phenoxy) is 1. The molecule has 8 heteroatoms. The molecular weight excluding hydrogens is 388 g/mol. The van der Waals surface area contributed by atoms with E-state index in [9.17, 15) is 4.79 Å². The number of thiazole rings is 1. The van der Waals surface area contributed by atoms with Crippen LogP contribution in [0.3, 0.4) is 0 Å². The smallest absolute Gasteiger partial charge is 0.275 e. The molecule has 1 amide bonds. The highest BCUT2D eigenvalue weighted by atomic mass is 32.1. The number of amides is 1. The topological polar surface area (TPSA) is 101 Å². The molecule has 4 rings (SSSR count). The van der Waals surface area contributed by atoms with E-state index < -0.39 is 0 Å². The first-order chi connectivity index (χ1) is 14.1. The molecule has 7 nitrogen and oxygen atoms in total. The predicted molar refractivity (Wildman–Crippen MR) is 108 cm³/mol. The van der Waals surface area contributed by atoms with E-state index in [4.69, 9.17) is 14.4 Å². The first-order valence-electron chi connectivity index (χ1n) is 8.58. The Morgan fingerprint density at radius 3 is 2.93 bits per heavy atom. The average Bonchev–Trinajstić information content (AvgIpc) is 3.42. The minimum absolute atomic E-state index is 0.235. The van der Waals surface area contributed by atoms with Gasteiger partial charge in [-0.15, -0.1) is 11.3 Å². The van der Waals surface area contributed by atoms with Crippen molar-refractivity contribution in [3.63, 3.8) is 0 Å². The molecule has 0 aliphatic carbocycles. The minimum Gasteiger partial charge on any atom is -0.462 e. The largest absolute Gasteiger partial charge is 0.462 e. The number of aromatic nitrogens is 2. The standard InChI is InChI=1S/C21H14N4O3S/c1-13-10-15(28-20-14(11-22)4-2-8-23-20)6-7-16(13)24-19(26)17-12-29-21(25-17)18-5-3-9-27-18/h2-10,12H,1H3,(H,24,26). The molecular formula is C21H14N4O3S. The van der Waals surface area contributed by atoms with Crippen LogP contribution in [0.15, 0.2) is 64.7 Å².